The van der Waals surface area contributed by atoms with E-state index in [1.54, 1.807) is 6.07 Å². The van der Waals surface area contributed by atoms with Crippen molar-refractivity contribution in [3.63, 3.8) is 0 Å². The predicted molar refractivity (Wildman–Crippen MR) is 61.3 cm³/mol. The second-order valence-electron chi connectivity index (χ2n) is 4.18. The van der Waals surface area contributed by atoms with Crippen molar-refractivity contribution in [1.82, 2.24) is 10.3 Å². The molecule has 0 aromatic carbocycles. The first-order chi connectivity index (χ1) is 8.20. The summed E-state index contributed by atoms with van der Waals surface area (Å²) in [5.74, 6) is -0.441. The fraction of sp³-hybridized carbons (Fsp3) is 0.417. The summed E-state index contributed by atoms with van der Waals surface area (Å²) < 4.78 is 0. The highest BCUT2D eigenvalue weighted by Crippen LogP contribution is 2.24. The minimum Gasteiger partial charge on any atom is -0.347 e. The Morgan fingerprint density at radius 2 is 2.29 bits per heavy atom. The molecule has 1 aromatic heterocycles. The topological polar surface area (TPSA) is 85.8 Å². The summed E-state index contributed by atoms with van der Waals surface area (Å²) in [5, 5.41) is 11.7. The van der Waals surface area contributed by atoms with Crippen molar-refractivity contribution in [2.24, 2.45) is 5.92 Å². The lowest BCUT2D eigenvalue weighted by molar-refractivity contribution is 0.0927. The third kappa shape index (κ3) is 2.53. The number of nitrogens with zero attached hydrogens (tertiary/aromatic N) is 1. The van der Waals surface area contributed by atoms with Gasteiger partial charge in [-0.05, 0) is 25.3 Å². The zero-order valence-electron chi connectivity index (χ0n) is 9.27. The molecule has 2 N–H and O–H groups in total. The Morgan fingerprint density at radius 1 is 1.47 bits per heavy atom. The highest BCUT2D eigenvalue weighted by atomic mass is 16.2. The molecule has 0 radical (unpaired) electrons. The van der Waals surface area contributed by atoms with Gasteiger partial charge in [0.05, 0.1) is 12.0 Å². The quantitative estimate of drug-likeness (QED) is 0.789. The average Bonchev–Trinajstić information content (AvgIpc) is 2.76. The first-order valence-corrected chi connectivity index (χ1v) is 5.60. The Bertz CT molecular complexity index is 515. The monoisotopic (exact) mass is 231 g/mol. The lowest BCUT2D eigenvalue weighted by atomic mass is 10.1. The van der Waals surface area contributed by atoms with Gasteiger partial charge in [-0.25, -0.2) is 0 Å². The lowest BCUT2D eigenvalue weighted by Gasteiger charge is -2.15. The molecule has 1 fully saturated rings. The van der Waals surface area contributed by atoms with Gasteiger partial charge in [-0.1, -0.05) is 6.07 Å². The number of hydrogen-bond acceptors (Lipinski definition) is 3. The van der Waals surface area contributed by atoms with E-state index >= 15 is 0 Å². The molecule has 1 aliphatic carbocycles. The van der Waals surface area contributed by atoms with Crippen LogP contribution in [0.1, 0.15) is 29.8 Å². The van der Waals surface area contributed by atoms with Crippen LogP contribution in [-0.2, 0) is 0 Å². The minimum absolute atomic E-state index is 0.101. The van der Waals surface area contributed by atoms with E-state index in [0.29, 0.717) is 0 Å². The molecule has 5 heteroatoms. The summed E-state index contributed by atoms with van der Waals surface area (Å²) in [6, 6.07) is 6.53. The largest absolute Gasteiger partial charge is 0.347 e. The first-order valence-electron chi connectivity index (χ1n) is 5.60. The molecule has 2 rings (SSSR count). The van der Waals surface area contributed by atoms with Crippen molar-refractivity contribution < 1.29 is 4.79 Å². The summed E-state index contributed by atoms with van der Waals surface area (Å²) in [6.07, 6.45) is 2.60. The number of aromatic amines is 1. The fourth-order valence-electron chi connectivity index (χ4n) is 2.11. The van der Waals surface area contributed by atoms with Gasteiger partial charge in [0.2, 0.25) is 5.56 Å². The van der Waals surface area contributed by atoms with Crippen LogP contribution >= 0.6 is 0 Å². The van der Waals surface area contributed by atoms with Crippen molar-refractivity contribution in [2.75, 3.05) is 0 Å². The molecule has 1 aliphatic rings. The molecule has 2 atom stereocenters. The maximum atomic E-state index is 11.8. The van der Waals surface area contributed by atoms with Crippen molar-refractivity contribution in [3.05, 3.63) is 34.2 Å². The van der Waals surface area contributed by atoms with E-state index in [2.05, 4.69) is 16.4 Å². The van der Waals surface area contributed by atoms with Crippen molar-refractivity contribution in [3.8, 4) is 6.07 Å². The number of carbonyl (C=O) groups excluding carboxylic acids is 1. The molecule has 1 aromatic rings. The molecule has 0 saturated heterocycles. The first kappa shape index (κ1) is 11.4. The Kier molecular flexibility index (Phi) is 3.24. The van der Waals surface area contributed by atoms with Crippen molar-refractivity contribution >= 4 is 5.91 Å². The van der Waals surface area contributed by atoms with Gasteiger partial charge in [-0.2, -0.15) is 5.26 Å². The smallest absolute Gasteiger partial charge is 0.268 e. The molecule has 17 heavy (non-hydrogen) atoms. The van der Waals surface area contributed by atoms with E-state index in [4.69, 9.17) is 5.26 Å². The van der Waals surface area contributed by atoms with Crippen LogP contribution in [0.25, 0.3) is 0 Å². The van der Waals surface area contributed by atoms with E-state index in [9.17, 15) is 9.59 Å². The maximum Gasteiger partial charge on any atom is 0.268 e. The lowest BCUT2D eigenvalue weighted by Crippen LogP contribution is -2.37. The van der Waals surface area contributed by atoms with Crippen molar-refractivity contribution in [2.45, 2.75) is 25.3 Å². The van der Waals surface area contributed by atoms with Crippen LogP contribution in [0.15, 0.2) is 23.0 Å². The molecule has 0 spiro atoms. The van der Waals surface area contributed by atoms with Crippen molar-refractivity contribution in [1.29, 1.82) is 5.26 Å². The number of carbonyl (C=O) groups is 1. The minimum atomic E-state index is -0.324. The molecule has 0 unspecified atom stereocenters. The maximum absolute atomic E-state index is 11.8. The van der Waals surface area contributed by atoms with Gasteiger partial charge in [0.25, 0.3) is 5.91 Å². The van der Waals surface area contributed by atoms with Crippen LogP contribution < -0.4 is 10.9 Å². The standard InChI is InChI=1S/C12H13N3O2/c13-7-8-3-1-4-9(8)15-12(17)10-5-2-6-11(16)14-10/h2,5-6,8-9H,1,3-4H2,(H,14,16)(H,15,17)/t8-,9+/m0/s1. The fourth-order valence-corrected chi connectivity index (χ4v) is 2.11. The zero-order valence-corrected chi connectivity index (χ0v) is 9.27. The van der Waals surface area contributed by atoms with Gasteiger partial charge in [-0.15, -0.1) is 0 Å². The van der Waals surface area contributed by atoms with E-state index in [1.165, 1.54) is 12.1 Å². The number of H-pyrrole nitrogens is 1. The summed E-state index contributed by atoms with van der Waals surface area (Å²) in [5.41, 5.74) is -0.0676. The highest BCUT2D eigenvalue weighted by molar-refractivity contribution is 5.92. The molecule has 88 valence electrons. The van der Waals surface area contributed by atoms with Crippen LogP contribution in [0.2, 0.25) is 0 Å². The summed E-state index contributed by atoms with van der Waals surface area (Å²) in [7, 11) is 0. The van der Waals surface area contributed by atoms with E-state index in [-0.39, 0.29) is 29.1 Å². The third-order valence-electron chi connectivity index (χ3n) is 3.01. The van der Waals surface area contributed by atoms with Crippen LogP contribution in [-0.4, -0.2) is 16.9 Å². The molecule has 1 heterocycles. The van der Waals surface area contributed by atoms with E-state index in [0.717, 1.165) is 19.3 Å². The summed E-state index contributed by atoms with van der Waals surface area (Å²) >= 11 is 0. The molecule has 1 amide bonds. The number of pyridine rings is 1. The van der Waals surface area contributed by atoms with Gasteiger partial charge in [-0.3, -0.25) is 9.59 Å². The molecule has 0 bridgehead atoms. The number of rotatable bonds is 2. The van der Waals surface area contributed by atoms with Gasteiger partial charge in [0.1, 0.15) is 5.69 Å². The van der Waals surface area contributed by atoms with Gasteiger partial charge >= 0.3 is 0 Å². The molecular weight excluding hydrogens is 218 g/mol. The summed E-state index contributed by atoms with van der Waals surface area (Å²) in [4.78, 5) is 25.4. The Hall–Kier alpha value is -2.09. The Morgan fingerprint density at radius 3 is 3.00 bits per heavy atom. The number of aromatic nitrogens is 1. The SMILES string of the molecule is N#C[C@@H]1CCC[C@H]1NC(=O)c1cccc(=O)[nH]1. The van der Waals surface area contributed by atoms with Gasteiger partial charge < -0.3 is 10.3 Å². The normalized spacial score (nSPS) is 23.0. The second kappa shape index (κ2) is 4.83. The van der Waals surface area contributed by atoms with Crippen LogP contribution in [0.3, 0.4) is 0 Å². The number of nitrogens with one attached hydrogen (secondary N) is 2. The molecule has 1 saturated carbocycles. The van der Waals surface area contributed by atoms with Crippen LogP contribution in [0, 0.1) is 17.2 Å². The van der Waals surface area contributed by atoms with E-state index < -0.39 is 0 Å². The van der Waals surface area contributed by atoms with Crippen LogP contribution in [0.5, 0.6) is 0 Å². The molecule has 0 aliphatic heterocycles. The van der Waals surface area contributed by atoms with Gasteiger partial charge in [0.15, 0.2) is 0 Å². The second-order valence-corrected chi connectivity index (χ2v) is 4.18. The molecule has 5 nitrogen and oxygen atoms in total. The average molecular weight is 231 g/mol. The number of amides is 1. The Labute approximate surface area is 98.5 Å². The molecular formula is C12H13N3O2. The summed E-state index contributed by atoms with van der Waals surface area (Å²) in [6.45, 7) is 0. The number of hydrogen-bond donors (Lipinski definition) is 2. The highest BCUT2D eigenvalue weighted by Gasteiger charge is 2.28. The zero-order chi connectivity index (χ0) is 12.3. The number of nitriles is 1. The Balaban J connectivity index is 2.07. The predicted octanol–water partition coefficient (Wildman–Crippen LogP) is 0.797. The van der Waals surface area contributed by atoms with Crippen LogP contribution in [0.4, 0.5) is 0 Å². The third-order valence-corrected chi connectivity index (χ3v) is 3.01. The van der Waals surface area contributed by atoms with Gasteiger partial charge in [0, 0.05) is 12.1 Å². The van der Waals surface area contributed by atoms with E-state index in [1.807, 2.05) is 0 Å².